The van der Waals surface area contributed by atoms with E-state index in [9.17, 15) is 27.6 Å². The second-order valence-corrected chi connectivity index (χ2v) is 5.54. The van der Waals surface area contributed by atoms with E-state index in [-0.39, 0.29) is 10.8 Å². The minimum Gasteiger partial charge on any atom is -0.465 e. The van der Waals surface area contributed by atoms with Crippen molar-refractivity contribution in [3.8, 4) is 0 Å². The maximum absolute atomic E-state index is 12.9. The lowest BCUT2D eigenvalue weighted by atomic mass is 10.1. The van der Waals surface area contributed by atoms with Gasteiger partial charge in [-0.25, -0.2) is 9.69 Å². The van der Waals surface area contributed by atoms with E-state index in [4.69, 9.17) is 16.0 Å². The van der Waals surface area contributed by atoms with Gasteiger partial charge in [0.05, 0.1) is 22.5 Å². The Bertz CT molecular complexity index is 935. The summed E-state index contributed by atoms with van der Waals surface area (Å²) in [5.74, 6) is -1.99. The summed E-state index contributed by atoms with van der Waals surface area (Å²) < 4.78 is 43.8. The molecule has 2 heterocycles. The van der Waals surface area contributed by atoms with Crippen LogP contribution in [0.15, 0.2) is 46.6 Å². The zero-order valence-electron chi connectivity index (χ0n) is 12.6. The topological polar surface area (TPSA) is 79.6 Å². The molecule has 0 spiro atoms. The molecule has 1 aromatic carbocycles. The summed E-state index contributed by atoms with van der Waals surface area (Å²) >= 11 is 5.87. The number of hydrogen-bond acceptors (Lipinski definition) is 4. The average molecular weight is 385 g/mol. The highest BCUT2D eigenvalue weighted by atomic mass is 35.5. The molecular formula is C16H8ClF3N2O4. The third kappa shape index (κ3) is 3.21. The van der Waals surface area contributed by atoms with Crippen molar-refractivity contribution in [1.29, 1.82) is 0 Å². The Kier molecular flexibility index (Phi) is 4.33. The normalized spacial score (nSPS) is 17.0. The van der Waals surface area contributed by atoms with Crippen molar-refractivity contribution in [3.05, 3.63) is 58.5 Å². The van der Waals surface area contributed by atoms with Gasteiger partial charge in [-0.2, -0.15) is 13.2 Å². The number of carbonyl (C=O) groups excluding carboxylic acids is 3. The first-order valence-corrected chi connectivity index (χ1v) is 7.38. The molecule has 1 N–H and O–H groups in total. The number of halogens is 4. The van der Waals surface area contributed by atoms with Crippen LogP contribution in [0, 0.1) is 0 Å². The van der Waals surface area contributed by atoms with Crippen LogP contribution in [0.4, 0.5) is 23.7 Å². The fourth-order valence-electron chi connectivity index (χ4n) is 2.25. The molecule has 10 heteroatoms. The van der Waals surface area contributed by atoms with Crippen LogP contribution in [0.5, 0.6) is 0 Å². The second-order valence-electron chi connectivity index (χ2n) is 5.14. The van der Waals surface area contributed by atoms with Gasteiger partial charge in [0.2, 0.25) is 0 Å². The van der Waals surface area contributed by atoms with E-state index in [1.807, 2.05) is 5.32 Å². The highest BCUT2D eigenvalue weighted by Crippen LogP contribution is 2.36. The number of furan rings is 1. The molecule has 0 bridgehead atoms. The number of barbiturate groups is 1. The summed E-state index contributed by atoms with van der Waals surface area (Å²) in [6.45, 7) is 0. The summed E-state index contributed by atoms with van der Waals surface area (Å²) in [6, 6.07) is 3.92. The van der Waals surface area contributed by atoms with Gasteiger partial charge in [0.15, 0.2) is 0 Å². The van der Waals surface area contributed by atoms with Gasteiger partial charge in [-0.3, -0.25) is 14.9 Å². The van der Waals surface area contributed by atoms with Crippen molar-refractivity contribution in [2.75, 3.05) is 4.90 Å². The van der Waals surface area contributed by atoms with E-state index in [0.717, 1.165) is 12.1 Å². The molecule has 134 valence electrons. The summed E-state index contributed by atoms with van der Waals surface area (Å²) in [4.78, 5) is 36.9. The zero-order chi connectivity index (χ0) is 19.1. The van der Waals surface area contributed by atoms with Gasteiger partial charge in [0.1, 0.15) is 11.3 Å². The quantitative estimate of drug-likeness (QED) is 0.633. The molecule has 1 saturated heterocycles. The Morgan fingerprint density at radius 3 is 2.50 bits per heavy atom. The number of alkyl halides is 3. The Labute approximate surface area is 148 Å². The van der Waals surface area contributed by atoms with Crippen LogP contribution in [0.25, 0.3) is 6.08 Å². The molecule has 2 aromatic rings. The van der Waals surface area contributed by atoms with Gasteiger partial charge in [-0.1, -0.05) is 11.6 Å². The van der Waals surface area contributed by atoms with Crippen molar-refractivity contribution in [2.45, 2.75) is 6.18 Å². The molecule has 0 atom stereocenters. The lowest BCUT2D eigenvalue weighted by Crippen LogP contribution is -2.54. The Balaban J connectivity index is 2.08. The van der Waals surface area contributed by atoms with Crippen LogP contribution in [0.1, 0.15) is 11.3 Å². The highest BCUT2D eigenvalue weighted by Gasteiger charge is 2.39. The van der Waals surface area contributed by atoms with Crippen molar-refractivity contribution in [2.24, 2.45) is 0 Å². The molecule has 4 amide bonds. The number of anilines is 1. The largest absolute Gasteiger partial charge is 0.465 e. The van der Waals surface area contributed by atoms with E-state index in [1.54, 1.807) is 0 Å². The van der Waals surface area contributed by atoms with E-state index >= 15 is 0 Å². The van der Waals surface area contributed by atoms with Crippen molar-refractivity contribution < 1.29 is 32.0 Å². The molecule has 26 heavy (non-hydrogen) atoms. The molecule has 3 rings (SSSR count). The SMILES string of the molecule is O=C1NC(=O)N(c2cc(C(F)(F)F)ccc2Cl)C(=O)/C1=C\c1ccco1. The zero-order valence-corrected chi connectivity index (χ0v) is 13.4. The van der Waals surface area contributed by atoms with Crippen molar-refractivity contribution in [1.82, 2.24) is 5.32 Å². The first-order chi connectivity index (χ1) is 12.2. The third-order valence-electron chi connectivity index (χ3n) is 3.45. The molecule has 6 nitrogen and oxygen atoms in total. The number of benzene rings is 1. The summed E-state index contributed by atoms with van der Waals surface area (Å²) in [7, 11) is 0. The smallest absolute Gasteiger partial charge is 0.416 e. The van der Waals surface area contributed by atoms with Crippen LogP contribution >= 0.6 is 11.6 Å². The van der Waals surface area contributed by atoms with Crippen molar-refractivity contribution in [3.63, 3.8) is 0 Å². The van der Waals surface area contributed by atoms with E-state index < -0.39 is 40.8 Å². The van der Waals surface area contributed by atoms with Gasteiger partial charge in [-0.05, 0) is 36.4 Å². The average Bonchev–Trinajstić information content (AvgIpc) is 3.05. The molecule has 1 fully saturated rings. The molecule has 1 aliphatic heterocycles. The standard InChI is InChI=1S/C16H8ClF3N2O4/c17-11-4-3-8(16(18,19)20)6-12(11)22-14(24)10(13(23)21-15(22)25)7-9-2-1-5-26-9/h1-7H,(H,21,23,25)/b10-7-. The number of amides is 4. The number of nitrogens with one attached hydrogen (secondary N) is 1. The fourth-order valence-corrected chi connectivity index (χ4v) is 2.45. The molecule has 1 aromatic heterocycles. The third-order valence-corrected chi connectivity index (χ3v) is 3.77. The van der Waals surface area contributed by atoms with Crippen LogP contribution in [-0.2, 0) is 15.8 Å². The van der Waals surface area contributed by atoms with Crippen LogP contribution in [-0.4, -0.2) is 17.8 Å². The number of hydrogen-bond donors (Lipinski definition) is 1. The molecule has 0 saturated carbocycles. The Hall–Kier alpha value is -3.07. The summed E-state index contributed by atoms with van der Waals surface area (Å²) in [5, 5.41) is 1.61. The highest BCUT2D eigenvalue weighted by molar-refractivity contribution is 6.42. The molecule has 1 aliphatic rings. The summed E-state index contributed by atoms with van der Waals surface area (Å²) in [6.07, 6.45) is -2.35. The predicted molar refractivity (Wildman–Crippen MR) is 84.2 cm³/mol. The van der Waals surface area contributed by atoms with E-state index in [2.05, 4.69) is 0 Å². The maximum atomic E-state index is 12.9. The number of imide groups is 2. The van der Waals surface area contributed by atoms with Gasteiger partial charge in [0, 0.05) is 0 Å². The lowest BCUT2D eigenvalue weighted by molar-refractivity contribution is -0.137. The van der Waals surface area contributed by atoms with Gasteiger partial charge in [0.25, 0.3) is 11.8 Å². The number of nitrogens with zero attached hydrogens (tertiary/aromatic N) is 1. The first kappa shape index (κ1) is 17.7. The van der Waals surface area contributed by atoms with E-state index in [0.29, 0.717) is 17.0 Å². The Morgan fingerprint density at radius 1 is 1.15 bits per heavy atom. The fraction of sp³-hybridized carbons (Fsp3) is 0.0625. The second kappa shape index (κ2) is 6.34. The lowest BCUT2D eigenvalue weighted by Gasteiger charge is -2.27. The molecule has 0 unspecified atom stereocenters. The number of urea groups is 1. The van der Waals surface area contributed by atoms with Crippen LogP contribution in [0.3, 0.4) is 0 Å². The number of rotatable bonds is 2. The van der Waals surface area contributed by atoms with Crippen molar-refractivity contribution >= 4 is 41.2 Å². The summed E-state index contributed by atoms with van der Waals surface area (Å²) in [5.41, 5.74) is -2.10. The van der Waals surface area contributed by atoms with Gasteiger partial charge < -0.3 is 4.42 Å². The monoisotopic (exact) mass is 384 g/mol. The van der Waals surface area contributed by atoms with E-state index in [1.165, 1.54) is 18.4 Å². The Morgan fingerprint density at radius 2 is 1.88 bits per heavy atom. The molecular weight excluding hydrogens is 377 g/mol. The van der Waals surface area contributed by atoms with Gasteiger partial charge in [-0.15, -0.1) is 0 Å². The molecule has 0 aliphatic carbocycles. The number of carbonyl (C=O) groups is 3. The minimum absolute atomic E-state index is 0.146. The van der Waals surface area contributed by atoms with Crippen LogP contribution < -0.4 is 10.2 Å². The maximum Gasteiger partial charge on any atom is 0.416 e. The first-order valence-electron chi connectivity index (χ1n) is 7.00. The minimum atomic E-state index is -4.71. The predicted octanol–water partition coefficient (Wildman–Crippen LogP) is 3.62. The van der Waals surface area contributed by atoms with Crippen LogP contribution in [0.2, 0.25) is 5.02 Å². The van der Waals surface area contributed by atoms with Gasteiger partial charge >= 0.3 is 12.2 Å². The molecule has 0 radical (unpaired) electrons.